The molecular weight excluding hydrogens is 476 g/mol. The van der Waals surface area contributed by atoms with Crippen LogP contribution in [0.3, 0.4) is 0 Å². The minimum atomic E-state index is -2.13. The van der Waals surface area contributed by atoms with Crippen LogP contribution in [0.25, 0.3) is 0 Å². The monoisotopic (exact) mass is 512 g/mol. The summed E-state index contributed by atoms with van der Waals surface area (Å²) in [5, 5.41) is 0. The Kier molecular flexibility index (Phi) is 7.07. The Hall–Kier alpha value is -3.04. The molecule has 8 nitrogen and oxygen atoms in total. The molecule has 0 unspecified atom stereocenters. The summed E-state index contributed by atoms with van der Waals surface area (Å²) in [6.07, 6.45) is 4.20. The molecule has 0 saturated heterocycles. The molecule has 0 aromatic carbocycles. The topological polar surface area (TPSA) is 89.5 Å². The lowest BCUT2D eigenvalue weighted by Crippen LogP contribution is -2.56. The highest BCUT2D eigenvalue weighted by atomic mass is 17.0. The van der Waals surface area contributed by atoms with E-state index in [2.05, 4.69) is 0 Å². The summed E-state index contributed by atoms with van der Waals surface area (Å²) in [5.74, 6) is 2.20. The first-order chi connectivity index (χ1) is 17.2. The van der Waals surface area contributed by atoms with Gasteiger partial charge in [-0.15, -0.1) is 0 Å². The Balaban J connectivity index is 1.85. The predicted molar refractivity (Wildman–Crippen MR) is 134 cm³/mol. The van der Waals surface area contributed by atoms with Crippen molar-refractivity contribution in [3.05, 3.63) is 96.6 Å². The Morgan fingerprint density at radius 1 is 0.405 bits per heavy atom. The van der Waals surface area contributed by atoms with Gasteiger partial charge in [0, 0.05) is 0 Å². The largest absolute Gasteiger partial charge is 0.466 e. The van der Waals surface area contributed by atoms with Gasteiger partial charge in [0.2, 0.25) is 0 Å². The Morgan fingerprint density at radius 3 is 0.784 bits per heavy atom. The molecule has 4 heterocycles. The maximum atomic E-state index is 6.69. The molecule has 0 saturated carbocycles. The lowest BCUT2D eigenvalue weighted by molar-refractivity contribution is -0.574. The van der Waals surface area contributed by atoms with Crippen molar-refractivity contribution in [2.45, 2.75) is 84.0 Å². The number of ether oxygens (including phenoxy) is 4. The zero-order chi connectivity index (χ0) is 27.0. The van der Waals surface area contributed by atoms with Crippen molar-refractivity contribution < 1.29 is 36.6 Å². The highest BCUT2D eigenvalue weighted by molar-refractivity contribution is 5.11. The van der Waals surface area contributed by atoms with Gasteiger partial charge in [-0.3, -0.25) is 18.9 Å². The fraction of sp³-hybridized carbons (Fsp3) is 0.448. The quantitative estimate of drug-likeness (QED) is 0.178. The van der Waals surface area contributed by atoms with Gasteiger partial charge in [-0.1, -0.05) is 0 Å². The Morgan fingerprint density at radius 2 is 0.622 bits per heavy atom. The first-order valence-electron chi connectivity index (χ1n) is 12.2. The molecule has 0 aliphatic carbocycles. The second kappa shape index (κ2) is 9.68. The molecule has 4 rings (SSSR count). The second-order valence-electron chi connectivity index (χ2n) is 10.9. The molecule has 0 aliphatic rings. The van der Waals surface area contributed by atoms with Gasteiger partial charge >= 0.3 is 6.16 Å². The van der Waals surface area contributed by atoms with Crippen LogP contribution in [0.5, 0.6) is 0 Å². The SMILES string of the molecule is CC(C)(OC(OC(C)(C)c1ccco1)(OC(C)(C)c1ccco1)OC(C)(C)c1ccco1)c1ccco1. The van der Waals surface area contributed by atoms with E-state index in [1.54, 1.807) is 49.3 Å². The maximum absolute atomic E-state index is 6.69. The fourth-order valence-corrected chi connectivity index (χ4v) is 4.06. The highest BCUT2D eigenvalue weighted by Crippen LogP contribution is 2.45. The molecule has 0 N–H and O–H groups in total. The third-order valence-corrected chi connectivity index (χ3v) is 5.98. The van der Waals surface area contributed by atoms with Gasteiger partial charge in [-0.2, -0.15) is 0 Å². The normalized spacial score (nSPS) is 13.8. The molecule has 0 bridgehead atoms. The van der Waals surface area contributed by atoms with Crippen LogP contribution in [0.15, 0.2) is 91.3 Å². The van der Waals surface area contributed by atoms with E-state index in [1.165, 1.54) is 0 Å². The fourth-order valence-electron chi connectivity index (χ4n) is 4.06. The molecule has 0 spiro atoms. The van der Waals surface area contributed by atoms with Crippen molar-refractivity contribution in [3.8, 4) is 0 Å². The summed E-state index contributed by atoms with van der Waals surface area (Å²) in [6.45, 7) is 14.7. The molecule has 0 aliphatic heterocycles. The van der Waals surface area contributed by atoms with Gasteiger partial charge in [-0.05, 0) is 104 Å². The molecular formula is C29H36O8. The minimum absolute atomic E-state index is 0.551. The van der Waals surface area contributed by atoms with Gasteiger partial charge < -0.3 is 17.7 Å². The first-order valence-corrected chi connectivity index (χ1v) is 12.2. The summed E-state index contributed by atoms with van der Waals surface area (Å²) in [6, 6.07) is 14.4. The molecule has 0 radical (unpaired) electrons. The first kappa shape index (κ1) is 27.0. The summed E-state index contributed by atoms with van der Waals surface area (Å²) in [7, 11) is 0. The van der Waals surface area contributed by atoms with Crippen molar-refractivity contribution in [1.29, 1.82) is 0 Å². The summed E-state index contributed by atoms with van der Waals surface area (Å²) >= 11 is 0. The molecule has 200 valence electrons. The molecule has 8 heteroatoms. The van der Waals surface area contributed by atoms with E-state index in [-0.39, 0.29) is 0 Å². The lowest BCUT2D eigenvalue weighted by Gasteiger charge is -2.47. The lowest BCUT2D eigenvalue weighted by atomic mass is 10.0. The Bertz CT molecular complexity index is 1010. The van der Waals surface area contributed by atoms with E-state index in [4.69, 9.17) is 36.6 Å². The van der Waals surface area contributed by atoms with Gasteiger partial charge in [0.05, 0.1) is 25.1 Å². The number of hydrogen-bond acceptors (Lipinski definition) is 8. The molecule has 37 heavy (non-hydrogen) atoms. The van der Waals surface area contributed by atoms with Crippen LogP contribution in [-0.2, 0) is 41.4 Å². The van der Waals surface area contributed by atoms with Crippen LogP contribution in [0.2, 0.25) is 0 Å². The van der Waals surface area contributed by atoms with E-state index in [0.29, 0.717) is 23.0 Å². The van der Waals surface area contributed by atoms with Gasteiger partial charge in [-0.25, -0.2) is 0 Å². The van der Waals surface area contributed by atoms with E-state index in [0.717, 1.165) is 0 Å². The third kappa shape index (κ3) is 5.93. The van der Waals surface area contributed by atoms with Crippen LogP contribution in [-0.4, -0.2) is 6.16 Å². The number of furan rings is 4. The molecule has 0 fully saturated rings. The average Bonchev–Trinajstić information content (AvgIpc) is 3.59. The zero-order valence-corrected chi connectivity index (χ0v) is 22.7. The van der Waals surface area contributed by atoms with Crippen molar-refractivity contribution in [2.75, 3.05) is 0 Å². The predicted octanol–water partition coefficient (Wildman–Crippen LogP) is 7.78. The van der Waals surface area contributed by atoms with Crippen molar-refractivity contribution in [2.24, 2.45) is 0 Å². The van der Waals surface area contributed by atoms with E-state index < -0.39 is 28.6 Å². The van der Waals surface area contributed by atoms with E-state index >= 15 is 0 Å². The summed E-state index contributed by atoms with van der Waals surface area (Å²) in [5.41, 5.74) is -4.22. The van der Waals surface area contributed by atoms with E-state index in [9.17, 15) is 0 Å². The van der Waals surface area contributed by atoms with Gasteiger partial charge in [0.1, 0.15) is 45.4 Å². The van der Waals surface area contributed by atoms with Crippen LogP contribution in [0, 0.1) is 0 Å². The summed E-state index contributed by atoms with van der Waals surface area (Å²) in [4.78, 5) is 0. The van der Waals surface area contributed by atoms with Crippen molar-refractivity contribution in [1.82, 2.24) is 0 Å². The molecule has 0 amide bonds. The minimum Gasteiger partial charge on any atom is -0.466 e. The van der Waals surface area contributed by atoms with Crippen LogP contribution >= 0.6 is 0 Å². The smallest absolute Gasteiger partial charge is 0.416 e. The molecule has 0 atom stereocenters. The number of hydrogen-bond donors (Lipinski definition) is 0. The average molecular weight is 513 g/mol. The van der Waals surface area contributed by atoms with Gasteiger partial charge in [0.25, 0.3) is 0 Å². The van der Waals surface area contributed by atoms with Crippen molar-refractivity contribution >= 4 is 0 Å². The van der Waals surface area contributed by atoms with E-state index in [1.807, 2.05) is 79.7 Å². The van der Waals surface area contributed by atoms with Crippen LogP contribution in [0.1, 0.15) is 78.4 Å². The van der Waals surface area contributed by atoms with Crippen molar-refractivity contribution in [3.63, 3.8) is 0 Å². The zero-order valence-electron chi connectivity index (χ0n) is 22.7. The molecule has 4 aromatic rings. The highest BCUT2D eigenvalue weighted by Gasteiger charge is 2.55. The summed E-state index contributed by atoms with van der Waals surface area (Å²) < 4.78 is 49.6. The maximum Gasteiger partial charge on any atom is 0.416 e. The second-order valence-corrected chi connectivity index (χ2v) is 10.9. The van der Waals surface area contributed by atoms with Crippen LogP contribution < -0.4 is 0 Å². The Labute approximate surface area is 217 Å². The number of rotatable bonds is 12. The molecule has 4 aromatic heterocycles. The van der Waals surface area contributed by atoms with Crippen LogP contribution in [0.4, 0.5) is 0 Å². The standard InChI is InChI=1S/C29H36O8/c1-25(2,21-13-9-17-30-21)34-29(35-26(3,4)22-14-10-18-31-22,36-27(5,6)23-15-11-19-32-23)37-28(7,8)24-16-12-20-33-24/h9-20H,1-8H3. The third-order valence-electron chi connectivity index (χ3n) is 5.98. The van der Waals surface area contributed by atoms with Gasteiger partial charge in [0.15, 0.2) is 0 Å².